The molecular weight excluding hydrogens is 222 g/mol. The standard InChI is InChI=1S/C16H21NO/c1-9-12(4-2-3-7-17)16-14-11-6-5-10(8-11)13(14)15(9)18-16/h5-6,9-16H,2-4,8H2,1H3. The summed E-state index contributed by atoms with van der Waals surface area (Å²) in [6, 6.07) is 2.27. The smallest absolute Gasteiger partial charge is 0.0648 e. The average molecular weight is 243 g/mol. The van der Waals surface area contributed by atoms with Crippen LogP contribution in [0.4, 0.5) is 0 Å². The molecule has 0 amide bonds. The Bertz CT molecular complexity index is 423. The molecule has 0 radical (unpaired) electrons. The third-order valence-electron chi connectivity index (χ3n) is 6.10. The van der Waals surface area contributed by atoms with Gasteiger partial charge >= 0.3 is 0 Å². The Kier molecular flexibility index (Phi) is 2.36. The summed E-state index contributed by atoms with van der Waals surface area (Å²) in [5.41, 5.74) is 0. The van der Waals surface area contributed by atoms with Crippen LogP contribution in [0.1, 0.15) is 32.6 Å². The number of rotatable bonds is 3. The van der Waals surface area contributed by atoms with Crippen molar-refractivity contribution in [1.29, 1.82) is 5.26 Å². The molecule has 0 aromatic carbocycles. The largest absolute Gasteiger partial charge is 0.374 e. The van der Waals surface area contributed by atoms with Gasteiger partial charge in [-0.05, 0) is 54.8 Å². The number of unbranched alkanes of at least 4 members (excludes halogenated alkanes) is 1. The van der Waals surface area contributed by atoms with E-state index in [9.17, 15) is 0 Å². The summed E-state index contributed by atoms with van der Waals surface area (Å²) >= 11 is 0. The summed E-state index contributed by atoms with van der Waals surface area (Å²) in [7, 11) is 0. The Balaban J connectivity index is 1.53. The zero-order valence-corrected chi connectivity index (χ0v) is 11.0. The molecule has 4 aliphatic rings. The van der Waals surface area contributed by atoms with E-state index in [0.29, 0.717) is 24.5 Å². The Labute approximate surface area is 109 Å². The second kappa shape index (κ2) is 3.84. The van der Waals surface area contributed by atoms with Gasteiger partial charge in [-0.1, -0.05) is 19.1 Å². The summed E-state index contributed by atoms with van der Waals surface area (Å²) < 4.78 is 6.35. The molecule has 2 saturated heterocycles. The van der Waals surface area contributed by atoms with E-state index >= 15 is 0 Å². The van der Waals surface area contributed by atoms with E-state index in [1.54, 1.807) is 0 Å². The number of ether oxygens (including phenoxy) is 1. The van der Waals surface area contributed by atoms with Gasteiger partial charge in [-0.2, -0.15) is 5.26 Å². The first-order chi connectivity index (χ1) is 8.81. The van der Waals surface area contributed by atoms with Crippen LogP contribution in [0, 0.1) is 46.8 Å². The molecule has 0 aromatic rings. The molecule has 8 atom stereocenters. The highest BCUT2D eigenvalue weighted by Gasteiger charge is 2.64. The number of allylic oxidation sites excluding steroid dienone is 2. The van der Waals surface area contributed by atoms with Gasteiger partial charge in [-0.25, -0.2) is 0 Å². The van der Waals surface area contributed by atoms with Crippen LogP contribution in [0.2, 0.25) is 0 Å². The lowest BCUT2D eigenvalue weighted by Crippen LogP contribution is -2.40. The van der Waals surface area contributed by atoms with Crippen LogP contribution in [0.15, 0.2) is 12.2 Å². The van der Waals surface area contributed by atoms with Crippen molar-refractivity contribution in [3.8, 4) is 6.07 Å². The fourth-order valence-electron chi connectivity index (χ4n) is 5.43. The summed E-state index contributed by atoms with van der Waals surface area (Å²) in [6.45, 7) is 2.38. The molecule has 3 fully saturated rings. The van der Waals surface area contributed by atoms with Crippen molar-refractivity contribution in [3.63, 3.8) is 0 Å². The lowest BCUT2D eigenvalue weighted by Gasteiger charge is -2.37. The normalized spacial score (nSPS) is 54.9. The van der Waals surface area contributed by atoms with Crippen LogP contribution in [0.25, 0.3) is 0 Å². The zero-order chi connectivity index (χ0) is 12.3. The molecular formula is C16H21NO. The van der Waals surface area contributed by atoms with Gasteiger partial charge in [-0.3, -0.25) is 0 Å². The Morgan fingerprint density at radius 1 is 1.22 bits per heavy atom. The van der Waals surface area contributed by atoms with Crippen molar-refractivity contribution < 1.29 is 4.74 Å². The van der Waals surface area contributed by atoms with Gasteiger partial charge in [-0.15, -0.1) is 0 Å². The average Bonchev–Trinajstić information content (AvgIpc) is 3.07. The third kappa shape index (κ3) is 1.26. The van der Waals surface area contributed by atoms with Crippen molar-refractivity contribution >= 4 is 0 Å². The molecule has 2 aliphatic heterocycles. The van der Waals surface area contributed by atoms with Crippen LogP contribution in [0.3, 0.4) is 0 Å². The lowest BCUT2D eigenvalue weighted by atomic mass is 9.64. The van der Waals surface area contributed by atoms with Gasteiger partial charge in [0, 0.05) is 6.42 Å². The highest BCUT2D eigenvalue weighted by molar-refractivity contribution is 5.22. The van der Waals surface area contributed by atoms with Gasteiger partial charge in [0.05, 0.1) is 18.3 Å². The summed E-state index contributed by atoms with van der Waals surface area (Å²) in [5.74, 6) is 4.69. The molecule has 2 aliphatic carbocycles. The van der Waals surface area contributed by atoms with Gasteiger partial charge in [0.15, 0.2) is 0 Å². The minimum Gasteiger partial charge on any atom is -0.374 e. The predicted octanol–water partition coefficient (Wildman–Crippen LogP) is 3.15. The Morgan fingerprint density at radius 3 is 2.67 bits per heavy atom. The van der Waals surface area contributed by atoms with Crippen LogP contribution < -0.4 is 0 Å². The van der Waals surface area contributed by atoms with Crippen LogP contribution in [0.5, 0.6) is 0 Å². The Morgan fingerprint density at radius 2 is 1.94 bits per heavy atom. The molecule has 0 spiro atoms. The maximum absolute atomic E-state index is 8.68. The number of fused-ring (bicyclic) bond motifs is 9. The topological polar surface area (TPSA) is 33.0 Å². The highest BCUT2D eigenvalue weighted by Crippen LogP contribution is 2.63. The maximum Gasteiger partial charge on any atom is 0.0648 e. The number of hydrogen-bond acceptors (Lipinski definition) is 2. The molecule has 4 bridgehead atoms. The number of hydrogen-bond donors (Lipinski definition) is 0. The summed E-state index contributed by atoms with van der Waals surface area (Å²) in [6.07, 6.45) is 10.3. The second-order valence-electron chi connectivity index (χ2n) is 6.74. The number of nitriles is 1. The fourth-order valence-corrected chi connectivity index (χ4v) is 5.43. The van der Waals surface area contributed by atoms with E-state index in [1.807, 2.05) is 0 Å². The van der Waals surface area contributed by atoms with Crippen LogP contribution in [-0.4, -0.2) is 12.2 Å². The molecule has 2 heterocycles. The van der Waals surface area contributed by atoms with Crippen molar-refractivity contribution in [2.24, 2.45) is 35.5 Å². The van der Waals surface area contributed by atoms with Gasteiger partial charge in [0.2, 0.25) is 0 Å². The van der Waals surface area contributed by atoms with Crippen molar-refractivity contribution in [1.82, 2.24) is 0 Å². The lowest BCUT2D eigenvalue weighted by molar-refractivity contribution is 0.0584. The van der Waals surface area contributed by atoms with E-state index in [0.717, 1.165) is 36.0 Å². The molecule has 0 N–H and O–H groups in total. The summed E-state index contributed by atoms with van der Waals surface area (Å²) in [4.78, 5) is 0. The van der Waals surface area contributed by atoms with Crippen molar-refractivity contribution in [2.45, 2.75) is 44.8 Å². The molecule has 18 heavy (non-hydrogen) atoms. The first-order valence-corrected chi connectivity index (χ1v) is 7.52. The summed E-state index contributed by atoms with van der Waals surface area (Å²) in [5, 5.41) is 8.68. The quantitative estimate of drug-likeness (QED) is 0.563. The second-order valence-corrected chi connectivity index (χ2v) is 6.74. The van der Waals surface area contributed by atoms with Crippen LogP contribution in [-0.2, 0) is 4.74 Å². The molecule has 96 valence electrons. The highest BCUT2D eigenvalue weighted by atomic mass is 16.5. The van der Waals surface area contributed by atoms with Gasteiger partial charge in [0.1, 0.15) is 0 Å². The number of nitrogens with zero attached hydrogens (tertiary/aromatic N) is 1. The van der Waals surface area contributed by atoms with Crippen molar-refractivity contribution in [3.05, 3.63) is 12.2 Å². The molecule has 4 rings (SSSR count). The van der Waals surface area contributed by atoms with E-state index in [2.05, 4.69) is 25.1 Å². The van der Waals surface area contributed by atoms with E-state index in [4.69, 9.17) is 10.00 Å². The molecule has 0 aromatic heterocycles. The molecule has 8 unspecified atom stereocenters. The van der Waals surface area contributed by atoms with E-state index < -0.39 is 0 Å². The minimum absolute atomic E-state index is 0.508. The van der Waals surface area contributed by atoms with Crippen LogP contribution >= 0.6 is 0 Å². The fraction of sp³-hybridized carbons (Fsp3) is 0.812. The monoisotopic (exact) mass is 243 g/mol. The first-order valence-electron chi connectivity index (χ1n) is 7.52. The maximum atomic E-state index is 8.68. The molecule has 2 nitrogen and oxygen atoms in total. The van der Waals surface area contributed by atoms with Gasteiger partial charge in [0.25, 0.3) is 0 Å². The predicted molar refractivity (Wildman–Crippen MR) is 68.5 cm³/mol. The van der Waals surface area contributed by atoms with E-state index in [1.165, 1.54) is 12.8 Å². The minimum atomic E-state index is 0.508. The molecule has 1 saturated carbocycles. The van der Waals surface area contributed by atoms with E-state index in [-0.39, 0.29) is 0 Å². The van der Waals surface area contributed by atoms with Gasteiger partial charge < -0.3 is 4.74 Å². The Hall–Kier alpha value is -0.810. The SMILES string of the molecule is CC1C(CCCC#N)C2OC1C1C3C=CC(C3)C21. The first kappa shape index (κ1) is 11.1. The third-order valence-corrected chi connectivity index (χ3v) is 6.10. The van der Waals surface area contributed by atoms with Crippen molar-refractivity contribution in [2.75, 3.05) is 0 Å². The zero-order valence-electron chi connectivity index (χ0n) is 11.0. The molecule has 2 heteroatoms.